The second-order valence-electron chi connectivity index (χ2n) is 6.62. The summed E-state index contributed by atoms with van der Waals surface area (Å²) in [5, 5.41) is 6.36. The molecule has 0 aromatic heterocycles. The van der Waals surface area contributed by atoms with E-state index in [2.05, 4.69) is 17.6 Å². The van der Waals surface area contributed by atoms with Gasteiger partial charge in [-0.15, -0.1) is 0 Å². The third-order valence-corrected chi connectivity index (χ3v) is 4.56. The first kappa shape index (κ1) is 14.8. The Hall–Kier alpha value is -0.570. The van der Waals surface area contributed by atoms with Crippen LogP contribution in [0.15, 0.2) is 0 Å². The van der Waals surface area contributed by atoms with Crippen molar-refractivity contribution < 1.29 is 4.79 Å². The van der Waals surface area contributed by atoms with Gasteiger partial charge >= 0.3 is 0 Å². The predicted molar refractivity (Wildman–Crippen MR) is 79.0 cm³/mol. The van der Waals surface area contributed by atoms with E-state index in [4.69, 9.17) is 0 Å². The normalized spacial score (nSPS) is 22.2. The Bertz CT molecular complexity index is 270. The van der Waals surface area contributed by atoms with E-state index in [9.17, 15) is 4.79 Å². The number of amides is 1. The molecule has 2 fully saturated rings. The molecular formula is C16H30N2O. The molecule has 0 radical (unpaired) electrons. The zero-order valence-corrected chi connectivity index (χ0v) is 12.4. The second-order valence-corrected chi connectivity index (χ2v) is 6.62. The van der Waals surface area contributed by atoms with Crippen LogP contribution in [0.3, 0.4) is 0 Å². The molecule has 1 atom stereocenters. The van der Waals surface area contributed by atoms with Crippen LogP contribution in [0, 0.1) is 11.8 Å². The van der Waals surface area contributed by atoms with Gasteiger partial charge in [0.2, 0.25) is 5.91 Å². The smallest absolute Gasteiger partial charge is 0.234 e. The van der Waals surface area contributed by atoms with Crippen LogP contribution in [0.5, 0.6) is 0 Å². The molecule has 0 bridgehead atoms. The average Bonchev–Trinajstić information content (AvgIpc) is 3.22. The van der Waals surface area contributed by atoms with Crippen LogP contribution in [-0.2, 0) is 4.79 Å². The third-order valence-electron chi connectivity index (χ3n) is 4.56. The SMILES string of the molecule is CC(CCC1CCCCC1)NC(=O)CNCC1CC1. The minimum Gasteiger partial charge on any atom is -0.353 e. The van der Waals surface area contributed by atoms with Gasteiger partial charge in [0.1, 0.15) is 0 Å². The zero-order chi connectivity index (χ0) is 13.5. The van der Waals surface area contributed by atoms with E-state index in [1.807, 2.05) is 0 Å². The Kier molecular flexibility index (Phi) is 6.15. The Labute approximate surface area is 117 Å². The monoisotopic (exact) mass is 266 g/mol. The highest BCUT2D eigenvalue weighted by Gasteiger charge is 2.20. The fraction of sp³-hybridized carbons (Fsp3) is 0.938. The van der Waals surface area contributed by atoms with Gasteiger partial charge in [0.25, 0.3) is 0 Å². The average molecular weight is 266 g/mol. The molecule has 19 heavy (non-hydrogen) atoms. The molecule has 1 unspecified atom stereocenters. The van der Waals surface area contributed by atoms with Crippen molar-refractivity contribution in [2.75, 3.05) is 13.1 Å². The van der Waals surface area contributed by atoms with Gasteiger partial charge in [-0.2, -0.15) is 0 Å². The van der Waals surface area contributed by atoms with Crippen LogP contribution >= 0.6 is 0 Å². The molecule has 3 heteroatoms. The van der Waals surface area contributed by atoms with Gasteiger partial charge in [0.15, 0.2) is 0 Å². The number of carbonyl (C=O) groups excluding carboxylic acids is 1. The molecule has 0 aromatic carbocycles. The number of nitrogens with one attached hydrogen (secondary N) is 2. The zero-order valence-electron chi connectivity index (χ0n) is 12.4. The maximum absolute atomic E-state index is 11.7. The minimum absolute atomic E-state index is 0.164. The summed E-state index contributed by atoms with van der Waals surface area (Å²) in [6, 6.07) is 0.331. The standard InChI is InChI=1S/C16H30N2O/c1-13(7-8-14-5-3-2-4-6-14)18-16(19)12-17-11-15-9-10-15/h13-15,17H,2-12H2,1H3,(H,18,19). The Morgan fingerprint density at radius 1 is 1.11 bits per heavy atom. The summed E-state index contributed by atoms with van der Waals surface area (Å²) in [6.45, 7) is 3.65. The van der Waals surface area contributed by atoms with Crippen molar-refractivity contribution in [3.05, 3.63) is 0 Å². The van der Waals surface area contributed by atoms with Gasteiger partial charge in [-0.05, 0) is 51.0 Å². The summed E-state index contributed by atoms with van der Waals surface area (Å²) in [4.78, 5) is 11.7. The van der Waals surface area contributed by atoms with E-state index in [1.54, 1.807) is 0 Å². The van der Waals surface area contributed by atoms with E-state index in [-0.39, 0.29) is 5.91 Å². The fourth-order valence-electron chi connectivity index (χ4n) is 3.07. The lowest BCUT2D eigenvalue weighted by molar-refractivity contribution is -0.120. The van der Waals surface area contributed by atoms with Crippen molar-refractivity contribution in [1.82, 2.24) is 10.6 Å². The van der Waals surface area contributed by atoms with Crippen LogP contribution in [0.4, 0.5) is 0 Å². The van der Waals surface area contributed by atoms with Crippen LogP contribution in [0.1, 0.15) is 64.7 Å². The summed E-state index contributed by atoms with van der Waals surface area (Å²) < 4.78 is 0. The molecule has 0 aromatic rings. The lowest BCUT2D eigenvalue weighted by atomic mass is 9.85. The van der Waals surface area contributed by atoms with Gasteiger partial charge in [-0.1, -0.05) is 32.1 Å². The molecule has 110 valence electrons. The van der Waals surface area contributed by atoms with E-state index in [0.29, 0.717) is 12.6 Å². The van der Waals surface area contributed by atoms with Crippen LogP contribution in [-0.4, -0.2) is 25.0 Å². The topological polar surface area (TPSA) is 41.1 Å². The molecular weight excluding hydrogens is 236 g/mol. The molecule has 2 N–H and O–H groups in total. The van der Waals surface area contributed by atoms with E-state index in [0.717, 1.165) is 24.8 Å². The van der Waals surface area contributed by atoms with Gasteiger partial charge in [0.05, 0.1) is 6.54 Å². The highest BCUT2D eigenvalue weighted by Crippen LogP contribution is 2.28. The molecule has 0 spiro atoms. The minimum atomic E-state index is 0.164. The lowest BCUT2D eigenvalue weighted by Gasteiger charge is -2.23. The van der Waals surface area contributed by atoms with Gasteiger partial charge < -0.3 is 10.6 Å². The van der Waals surface area contributed by atoms with Gasteiger partial charge in [-0.3, -0.25) is 4.79 Å². The number of hydrogen-bond acceptors (Lipinski definition) is 2. The molecule has 3 nitrogen and oxygen atoms in total. The summed E-state index contributed by atoms with van der Waals surface area (Å²) >= 11 is 0. The van der Waals surface area contributed by atoms with Crippen molar-refractivity contribution in [2.24, 2.45) is 11.8 Å². The van der Waals surface area contributed by atoms with Crippen LogP contribution < -0.4 is 10.6 Å². The Balaban J connectivity index is 1.49. The van der Waals surface area contributed by atoms with Crippen molar-refractivity contribution in [1.29, 1.82) is 0 Å². The fourth-order valence-corrected chi connectivity index (χ4v) is 3.07. The van der Waals surface area contributed by atoms with Crippen molar-refractivity contribution in [3.63, 3.8) is 0 Å². The summed E-state index contributed by atoms with van der Waals surface area (Å²) in [7, 11) is 0. The quantitative estimate of drug-likeness (QED) is 0.709. The molecule has 0 saturated heterocycles. The van der Waals surface area contributed by atoms with Crippen LogP contribution in [0.2, 0.25) is 0 Å². The highest BCUT2D eigenvalue weighted by atomic mass is 16.1. The number of carbonyl (C=O) groups is 1. The predicted octanol–water partition coefficient (Wildman–Crippen LogP) is 2.85. The van der Waals surface area contributed by atoms with E-state index >= 15 is 0 Å². The molecule has 0 aliphatic heterocycles. The molecule has 2 rings (SSSR count). The van der Waals surface area contributed by atoms with E-state index < -0.39 is 0 Å². The number of rotatable bonds is 8. The summed E-state index contributed by atoms with van der Waals surface area (Å²) in [6.07, 6.45) is 12.2. The van der Waals surface area contributed by atoms with Crippen molar-refractivity contribution >= 4 is 5.91 Å². The Morgan fingerprint density at radius 2 is 1.84 bits per heavy atom. The molecule has 0 heterocycles. The van der Waals surface area contributed by atoms with Crippen LogP contribution in [0.25, 0.3) is 0 Å². The first-order chi connectivity index (χ1) is 9.24. The lowest BCUT2D eigenvalue weighted by Crippen LogP contribution is -2.39. The van der Waals surface area contributed by atoms with Gasteiger partial charge in [-0.25, -0.2) is 0 Å². The molecule has 2 aliphatic rings. The van der Waals surface area contributed by atoms with Crippen molar-refractivity contribution in [3.8, 4) is 0 Å². The maximum Gasteiger partial charge on any atom is 0.234 e. The number of hydrogen-bond donors (Lipinski definition) is 2. The molecule has 2 saturated carbocycles. The first-order valence-corrected chi connectivity index (χ1v) is 8.24. The van der Waals surface area contributed by atoms with E-state index in [1.165, 1.54) is 51.4 Å². The summed E-state index contributed by atoms with van der Waals surface area (Å²) in [5.74, 6) is 1.93. The first-order valence-electron chi connectivity index (χ1n) is 8.24. The van der Waals surface area contributed by atoms with Crippen molar-refractivity contribution in [2.45, 2.75) is 70.8 Å². The highest BCUT2D eigenvalue weighted by molar-refractivity contribution is 5.78. The van der Waals surface area contributed by atoms with Gasteiger partial charge in [0, 0.05) is 6.04 Å². The third kappa shape index (κ3) is 6.42. The maximum atomic E-state index is 11.7. The second kappa shape index (κ2) is 7.88. The molecule has 1 amide bonds. The summed E-state index contributed by atoms with van der Waals surface area (Å²) in [5.41, 5.74) is 0. The Morgan fingerprint density at radius 3 is 2.53 bits per heavy atom. The largest absolute Gasteiger partial charge is 0.353 e. The molecule has 2 aliphatic carbocycles.